The first kappa shape index (κ1) is 14.9. The molecule has 0 atom stereocenters. The summed E-state index contributed by atoms with van der Waals surface area (Å²) in [5, 5.41) is 0. The summed E-state index contributed by atoms with van der Waals surface area (Å²) < 4.78 is 0. The van der Waals surface area contributed by atoms with Gasteiger partial charge < -0.3 is 9.80 Å². The van der Waals surface area contributed by atoms with E-state index in [0.29, 0.717) is 12.4 Å². The average molecular weight is 295 g/mol. The van der Waals surface area contributed by atoms with E-state index in [1.54, 1.807) is 30.7 Å². The molecule has 4 nitrogen and oxygen atoms in total. The van der Waals surface area contributed by atoms with Crippen LogP contribution in [-0.2, 0) is 15.5 Å². The number of carbonyl (C=O) groups excluding carboxylic acids is 2. The van der Waals surface area contributed by atoms with Crippen molar-refractivity contribution < 1.29 is 9.59 Å². The Balaban J connectivity index is 2.69. The van der Waals surface area contributed by atoms with Crippen LogP contribution >= 0.6 is 11.6 Å². The number of benzene rings is 1. The lowest BCUT2D eigenvalue weighted by molar-refractivity contribution is -0.137. The van der Waals surface area contributed by atoms with Crippen molar-refractivity contribution in [3.05, 3.63) is 23.8 Å². The lowest BCUT2D eigenvalue weighted by Gasteiger charge is -2.27. The molecule has 0 saturated heterocycles. The maximum Gasteiger partial charge on any atom is 0.242 e. The summed E-state index contributed by atoms with van der Waals surface area (Å²) in [6, 6.07) is 5.62. The van der Waals surface area contributed by atoms with Gasteiger partial charge in [0.25, 0.3) is 0 Å². The number of fused-ring (bicyclic) bond motifs is 1. The van der Waals surface area contributed by atoms with E-state index < -0.39 is 5.41 Å². The van der Waals surface area contributed by atoms with Crippen LogP contribution in [0.3, 0.4) is 0 Å². The van der Waals surface area contributed by atoms with Crippen molar-refractivity contribution >= 4 is 34.8 Å². The molecule has 0 aromatic heterocycles. The fourth-order valence-electron chi connectivity index (χ4n) is 2.53. The molecular formula is C15H19ClN2O2. The molecule has 1 aromatic carbocycles. The molecule has 5 heteroatoms. The second kappa shape index (κ2) is 5.09. The van der Waals surface area contributed by atoms with E-state index >= 15 is 0 Å². The molecular weight excluding hydrogens is 276 g/mol. The molecule has 2 rings (SSSR count). The van der Waals surface area contributed by atoms with Gasteiger partial charge in [0.1, 0.15) is 5.41 Å². The third-order valence-electron chi connectivity index (χ3n) is 3.78. The smallest absolute Gasteiger partial charge is 0.242 e. The molecule has 0 radical (unpaired) electrons. The highest BCUT2D eigenvalue weighted by Gasteiger charge is 2.44. The van der Waals surface area contributed by atoms with Gasteiger partial charge in [-0.25, -0.2) is 0 Å². The van der Waals surface area contributed by atoms with Crippen LogP contribution in [0.2, 0.25) is 0 Å². The highest BCUT2D eigenvalue weighted by molar-refractivity contribution is 6.20. The van der Waals surface area contributed by atoms with Gasteiger partial charge >= 0.3 is 0 Å². The van der Waals surface area contributed by atoms with Crippen LogP contribution in [0, 0.1) is 5.41 Å². The first-order chi connectivity index (χ1) is 9.34. The van der Waals surface area contributed by atoms with Crippen LogP contribution in [0.1, 0.15) is 26.3 Å². The topological polar surface area (TPSA) is 40.6 Å². The van der Waals surface area contributed by atoms with E-state index in [0.717, 1.165) is 16.9 Å². The van der Waals surface area contributed by atoms with Crippen molar-refractivity contribution in [3.63, 3.8) is 0 Å². The summed E-state index contributed by atoms with van der Waals surface area (Å²) in [5.74, 6) is -0.000617. The van der Waals surface area contributed by atoms with Gasteiger partial charge in [-0.3, -0.25) is 9.59 Å². The van der Waals surface area contributed by atoms with Gasteiger partial charge in [-0.15, -0.1) is 11.6 Å². The van der Waals surface area contributed by atoms with Crippen molar-refractivity contribution in [3.8, 4) is 0 Å². The summed E-state index contributed by atoms with van der Waals surface area (Å²) in [6.07, 6.45) is 0. The minimum atomic E-state index is -1.06. The molecule has 0 unspecified atom stereocenters. The zero-order chi connectivity index (χ0) is 15.1. The Morgan fingerprint density at radius 1 is 1.15 bits per heavy atom. The van der Waals surface area contributed by atoms with Crippen LogP contribution in [-0.4, -0.2) is 25.4 Å². The second-order valence-corrected chi connectivity index (χ2v) is 5.76. The predicted molar refractivity (Wildman–Crippen MR) is 81.2 cm³/mol. The van der Waals surface area contributed by atoms with E-state index in [2.05, 4.69) is 0 Å². The van der Waals surface area contributed by atoms with E-state index in [9.17, 15) is 9.59 Å². The van der Waals surface area contributed by atoms with Crippen molar-refractivity contribution in [2.45, 2.75) is 26.7 Å². The lowest BCUT2D eigenvalue weighted by atomic mass is 9.90. The Hall–Kier alpha value is -1.55. The molecule has 108 valence electrons. The third-order valence-corrected chi connectivity index (χ3v) is 4.09. The largest absolute Gasteiger partial charge is 0.313 e. The molecule has 0 bridgehead atoms. The summed E-state index contributed by atoms with van der Waals surface area (Å²) >= 11 is 5.87. The van der Waals surface area contributed by atoms with Crippen LogP contribution < -0.4 is 9.80 Å². The van der Waals surface area contributed by atoms with Gasteiger partial charge in [0.05, 0.1) is 11.4 Å². The summed E-state index contributed by atoms with van der Waals surface area (Å²) in [5.41, 5.74) is 1.35. The Morgan fingerprint density at radius 2 is 1.80 bits per heavy atom. The first-order valence-electron chi connectivity index (χ1n) is 6.63. The fraction of sp³-hybridized carbons (Fsp3) is 0.467. The van der Waals surface area contributed by atoms with Crippen LogP contribution in [0.15, 0.2) is 18.2 Å². The molecule has 20 heavy (non-hydrogen) atoms. The summed E-state index contributed by atoms with van der Waals surface area (Å²) in [4.78, 5) is 28.4. The number of hydrogen-bond donors (Lipinski definition) is 0. The van der Waals surface area contributed by atoms with Crippen molar-refractivity contribution in [1.29, 1.82) is 0 Å². The molecule has 0 spiro atoms. The molecule has 2 amide bonds. The molecule has 0 N–H and O–H groups in total. The molecule has 1 aromatic rings. The van der Waals surface area contributed by atoms with E-state index in [4.69, 9.17) is 11.6 Å². The summed E-state index contributed by atoms with van der Waals surface area (Å²) in [7, 11) is 1.70. The number of nitrogens with zero attached hydrogens (tertiary/aromatic N) is 2. The monoisotopic (exact) mass is 294 g/mol. The second-order valence-electron chi connectivity index (χ2n) is 5.50. The number of anilines is 2. The van der Waals surface area contributed by atoms with Gasteiger partial charge in [-0.1, -0.05) is 6.07 Å². The van der Waals surface area contributed by atoms with E-state index in [-0.39, 0.29) is 11.8 Å². The molecule has 0 fully saturated rings. The molecule has 0 saturated carbocycles. The normalized spacial score (nSPS) is 18.1. The number of carbonyl (C=O) groups is 2. The molecule has 1 heterocycles. The minimum Gasteiger partial charge on any atom is -0.313 e. The average Bonchev–Trinajstić information content (AvgIpc) is 2.50. The maximum absolute atomic E-state index is 12.6. The number of alkyl halides is 1. The first-order valence-corrected chi connectivity index (χ1v) is 7.17. The van der Waals surface area contributed by atoms with Crippen molar-refractivity contribution in [2.24, 2.45) is 5.41 Å². The Morgan fingerprint density at radius 3 is 2.35 bits per heavy atom. The predicted octanol–water partition coefficient (Wildman–Crippen LogP) is 2.78. The zero-order valence-corrected chi connectivity index (χ0v) is 13.0. The third kappa shape index (κ3) is 2.08. The van der Waals surface area contributed by atoms with Crippen molar-refractivity contribution in [1.82, 2.24) is 0 Å². The van der Waals surface area contributed by atoms with Crippen LogP contribution in [0.4, 0.5) is 11.4 Å². The van der Waals surface area contributed by atoms with Gasteiger partial charge in [-0.2, -0.15) is 0 Å². The highest BCUT2D eigenvalue weighted by Crippen LogP contribution is 2.38. The Kier molecular flexibility index (Phi) is 3.78. The number of rotatable bonds is 2. The van der Waals surface area contributed by atoms with E-state index in [1.165, 1.54) is 0 Å². The number of amides is 2. The SMILES string of the molecule is CCN1C(=O)C(C)(C)C(=O)N(C)c2cc(CCl)ccc21. The van der Waals surface area contributed by atoms with Crippen LogP contribution in [0.5, 0.6) is 0 Å². The van der Waals surface area contributed by atoms with Gasteiger partial charge in [-0.05, 0) is 38.5 Å². The fourth-order valence-corrected chi connectivity index (χ4v) is 2.70. The molecule has 1 aliphatic rings. The zero-order valence-electron chi connectivity index (χ0n) is 12.2. The molecule has 1 aliphatic heterocycles. The Bertz CT molecular complexity index is 569. The summed E-state index contributed by atoms with van der Waals surface area (Å²) in [6.45, 7) is 5.77. The standard InChI is InChI=1S/C15H19ClN2O2/c1-5-18-11-7-6-10(9-16)8-12(11)17(4)13(19)15(2,3)14(18)20/h6-8H,5,9H2,1-4H3. The van der Waals surface area contributed by atoms with Gasteiger partial charge in [0.15, 0.2) is 0 Å². The number of hydrogen-bond acceptors (Lipinski definition) is 2. The Labute approximate surface area is 124 Å². The van der Waals surface area contributed by atoms with Gasteiger partial charge in [0.2, 0.25) is 11.8 Å². The molecule has 0 aliphatic carbocycles. The van der Waals surface area contributed by atoms with Crippen LogP contribution in [0.25, 0.3) is 0 Å². The quantitative estimate of drug-likeness (QED) is 0.621. The number of halogens is 1. The lowest BCUT2D eigenvalue weighted by Crippen LogP contribution is -2.47. The highest BCUT2D eigenvalue weighted by atomic mass is 35.5. The minimum absolute atomic E-state index is 0.172. The van der Waals surface area contributed by atoms with E-state index in [1.807, 2.05) is 25.1 Å². The maximum atomic E-state index is 12.6. The van der Waals surface area contributed by atoms with Crippen molar-refractivity contribution in [2.75, 3.05) is 23.4 Å². The van der Waals surface area contributed by atoms with Gasteiger partial charge in [0, 0.05) is 19.5 Å².